The van der Waals surface area contributed by atoms with Crippen LogP contribution >= 0.6 is 0 Å². The Morgan fingerprint density at radius 2 is 2.17 bits per heavy atom. The number of methoxy groups -OCH3 is 1. The van der Waals surface area contributed by atoms with Gasteiger partial charge in [-0.15, -0.1) is 0 Å². The lowest BCUT2D eigenvalue weighted by Crippen LogP contribution is -2.47. The molecule has 0 radical (unpaired) electrons. The standard InChI is InChI=1S/C18H30N4O2/c1-3-19-18(21-15-16-7-4-5-10-20-16)22-11-8-17(9-12-22)24-14-6-13-23-2/h4-5,7,10,17H,3,6,8-9,11-15H2,1-2H3,(H,19,21). The normalized spacial score (nSPS) is 16.4. The van der Waals surface area contributed by atoms with Crippen LogP contribution in [0.25, 0.3) is 0 Å². The van der Waals surface area contributed by atoms with Crippen molar-refractivity contribution in [3.05, 3.63) is 30.1 Å². The third-order valence-electron chi connectivity index (χ3n) is 4.04. The summed E-state index contributed by atoms with van der Waals surface area (Å²) in [5, 5.41) is 3.39. The molecule has 0 aliphatic carbocycles. The molecule has 6 heteroatoms. The molecular formula is C18H30N4O2. The lowest BCUT2D eigenvalue weighted by molar-refractivity contribution is 0.00990. The summed E-state index contributed by atoms with van der Waals surface area (Å²) >= 11 is 0. The van der Waals surface area contributed by atoms with Crippen molar-refractivity contribution in [1.82, 2.24) is 15.2 Å². The Morgan fingerprint density at radius 3 is 2.83 bits per heavy atom. The molecule has 0 bridgehead atoms. The number of hydrogen-bond donors (Lipinski definition) is 1. The van der Waals surface area contributed by atoms with Gasteiger partial charge in [-0.3, -0.25) is 4.98 Å². The number of aromatic nitrogens is 1. The minimum Gasteiger partial charge on any atom is -0.385 e. The van der Waals surface area contributed by atoms with E-state index < -0.39 is 0 Å². The van der Waals surface area contributed by atoms with Crippen molar-refractivity contribution in [1.29, 1.82) is 0 Å². The number of nitrogens with zero attached hydrogens (tertiary/aromatic N) is 3. The Morgan fingerprint density at radius 1 is 1.33 bits per heavy atom. The molecule has 134 valence electrons. The second-order valence-corrected chi connectivity index (χ2v) is 5.89. The fourth-order valence-corrected chi connectivity index (χ4v) is 2.76. The van der Waals surface area contributed by atoms with Crippen molar-refractivity contribution < 1.29 is 9.47 Å². The number of hydrogen-bond acceptors (Lipinski definition) is 4. The van der Waals surface area contributed by atoms with Gasteiger partial charge < -0.3 is 19.7 Å². The molecule has 1 aromatic rings. The zero-order chi connectivity index (χ0) is 17.0. The van der Waals surface area contributed by atoms with E-state index in [1.165, 1.54) is 0 Å². The van der Waals surface area contributed by atoms with E-state index in [4.69, 9.17) is 14.5 Å². The van der Waals surface area contributed by atoms with Crippen LogP contribution < -0.4 is 5.32 Å². The highest BCUT2D eigenvalue weighted by atomic mass is 16.5. The number of guanidine groups is 1. The first kappa shape index (κ1) is 18.7. The van der Waals surface area contributed by atoms with E-state index >= 15 is 0 Å². The Hall–Kier alpha value is -1.66. The maximum atomic E-state index is 5.93. The van der Waals surface area contributed by atoms with E-state index in [2.05, 4.69) is 22.1 Å². The monoisotopic (exact) mass is 334 g/mol. The summed E-state index contributed by atoms with van der Waals surface area (Å²) in [7, 11) is 1.73. The number of likely N-dealkylation sites (tertiary alicyclic amines) is 1. The molecule has 1 fully saturated rings. The first-order valence-corrected chi connectivity index (χ1v) is 8.87. The van der Waals surface area contributed by atoms with Gasteiger partial charge in [0, 0.05) is 46.2 Å². The van der Waals surface area contributed by atoms with Gasteiger partial charge in [-0.25, -0.2) is 4.99 Å². The highest BCUT2D eigenvalue weighted by Gasteiger charge is 2.21. The van der Waals surface area contributed by atoms with E-state index in [1.54, 1.807) is 7.11 Å². The van der Waals surface area contributed by atoms with Crippen molar-refractivity contribution in [3.8, 4) is 0 Å². The molecule has 0 spiro atoms. The minimum atomic E-state index is 0.358. The van der Waals surface area contributed by atoms with Gasteiger partial charge in [0.05, 0.1) is 18.3 Å². The van der Waals surface area contributed by atoms with E-state index in [9.17, 15) is 0 Å². The van der Waals surface area contributed by atoms with Gasteiger partial charge in [-0.05, 0) is 38.3 Å². The molecule has 2 rings (SSSR count). The van der Waals surface area contributed by atoms with Gasteiger partial charge in [0.15, 0.2) is 5.96 Å². The van der Waals surface area contributed by atoms with E-state index in [-0.39, 0.29) is 0 Å². The predicted octanol–water partition coefficient (Wildman–Crippen LogP) is 2.06. The summed E-state index contributed by atoms with van der Waals surface area (Å²) in [4.78, 5) is 11.4. The van der Waals surface area contributed by atoms with Crippen LogP contribution in [0.4, 0.5) is 0 Å². The first-order chi connectivity index (χ1) is 11.8. The van der Waals surface area contributed by atoms with Crippen LogP contribution in [0, 0.1) is 0 Å². The number of ether oxygens (including phenoxy) is 2. The fourth-order valence-electron chi connectivity index (χ4n) is 2.76. The third-order valence-corrected chi connectivity index (χ3v) is 4.04. The number of nitrogens with one attached hydrogen (secondary N) is 1. The summed E-state index contributed by atoms with van der Waals surface area (Å²) in [6, 6.07) is 5.93. The molecule has 1 N–H and O–H groups in total. The van der Waals surface area contributed by atoms with Crippen molar-refractivity contribution >= 4 is 5.96 Å². The lowest BCUT2D eigenvalue weighted by Gasteiger charge is -2.34. The van der Waals surface area contributed by atoms with E-state index in [0.29, 0.717) is 12.6 Å². The van der Waals surface area contributed by atoms with Crippen molar-refractivity contribution in [2.75, 3.05) is 40.0 Å². The smallest absolute Gasteiger partial charge is 0.194 e. The lowest BCUT2D eigenvalue weighted by atomic mass is 10.1. The predicted molar refractivity (Wildman–Crippen MR) is 96.1 cm³/mol. The molecule has 1 aromatic heterocycles. The zero-order valence-electron chi connectivity index (χ0n) is 14.9. The molecule has 1 saturated heterocycles. The topological polar surface area (TPSA) is 59.0 Å². The molecule has 2 heterocycles. The quantitative estimate of drug-likeness (QED) is 0.448. The van der Waals surface area contributed by atoms with Crippen LogP contribution in [-0.2, 0) is 16.0 Å². The molecule has 0 amide bonds. The minimum absolute atomic E-state index is 0.358. The largest absolute Gasteiger partial charge is 0.385 e. The molecule has 0 atom stereocenters. The average Bonchev–Trinajstić information content (AvgIpc) is 2.64. The Kier molecular flexibility index (Phi) is 8.55. The van der Waals surface area contributed by atoms with Gasteiger partial charge in [-0.2, -0.15) is 0 Å². The zero-order valence-corrected chi connectivity index (χ0v) is 14.9. The maximum Gasteiger partial charge on any atom is 0.194 e. The highest BCUT2D eigenvalue weighted by Crippen LogP contribution is 2.14. The fraction of sp³-hybridized carbons (Fsp3) is 0.667. The number of pyridine rings is 1. The SMILES string of the molecule is CCNC(=NCc1ccccn1)N1CCC(OCCCOC)CC1. The van der Waals surface area contributed by atoms with Crippen LogP contribution in [0.5, 0.6) is 0 Å². The van der Waals surface area contributed by atoms with Gasteiger partial charge >= 0.3 is 0 Å². The molecule has 1 aliphatic rings. The van der Waals surface area contributed by atoms with E-state index in [1.807, 2.05) is 24.4 Å². The number of piperidine rings is 1. The maximum absolute atomic E-state index is 5.93. The van der Waals surface area contributed by atoms with Gasteiger partial charge in [-0.1, -0.05) is 6.07 Å². The Labute approximate surface area is 145 Å². The molecule has 0 aromatic carbocycles. The van der Waals surface area contributed by atoms with E-state index in [0.717, 1.165) is 63.8 Å². The van der Waals surface area contributed by atoms with Crippen molar-refractivity contribution in [2.45, 2.75) is 38.8 Å². The van der Waals surface area contributed by atoms with Gasteiger partial charge in [0.1, 0.15) is 0 Å². The summed E-state index contributed by atoms with van der Waals surface area (Å²) < 4.78 is 11.0. The second kappa shape index (κ2) is 11.0. The molecular weight excluding hydrogens is 304 g/mol. The van der Waals surface area contributed by atoms with Crippen molar-refractivity contribution in [2.24, 2.45) is 4.99 Å². The van der Waals surface area contributed by atoms with Crippen LogP contribution in [0.15, 0.2) is 29.4 Å². The van der Waals surface area contributed by atoms with Gasteiger partial charge in [0.25, 0.3) is 0 Å². The molecule has 6 nitrogen and oxygen atoms in total. The summed E-state index contributed by atoms with van der Waals surface area (Å²) in [6.45, 7) is 7.08. The molecule has 1 aliphatic heterocycles. The third kappa shape index (κ3) is 6.45. The average molecular weight is 334 g/mol. The summed E-state index contributed by atoms with van der Waals surface area (Å²) in [6.07, 6.45) is 5.22. The second-order valence-electron chi connectivity index (χ2n) is 5.89. The van der Waals surface area contributed by atoms with Crippen LogP contribution in [0.2, 0.25) is 0 Å². The first-order valence-electron chi connectivity index (χ1n) is 8.87. The number of aliphatic imine (C=N–C) groups is 1. The molecule has 0 saturated carbocycles. The summed E-state index contributed by atoms with van der Waals surface area (Å²) in [5.41, 5.74) is 0.990. The summed E-state index contributed by atoms with van der Waals surface area (Å²) in [5.74, 6) is 0.973. The van der Waals surface area contributed by atoms with Crippen LogP contribution in [0.1, 0.15) is 31.9 Å². The van der Waals surface area contributed by atoms with Crippen LogP contribution in [0.3, 0.4) is 0 Å². The number of rotatable bonds is 8. The van der Waals surface area contributed by atoms with Gasteiger partial charge in [0.2, 0.25) is 0 Å². The molecule has 24 heavy (non-hydrogen) atoms. The molecule has 0 unspecified atom stereocenters. The van der Waals surface area contributed by atoms with Crippen molar-refractivity contribution in [3.63, 3.8) is 0 Å². The Balaban J connectivity index is 1.80. The van der Waals surface area contributed by atoms with Crippen LogP contribution in [-0.4, -0.2) is 61.9 Å². The Bertz CT molecular complexity index is 473. The highest BCUT2D eigenvalue weighted by molar-refractivity contribution is 5.80.